The third-order valence-corrected chi connectivity index (χ3v) is 1.91. The number of halogens is 1. The molecule has 1 aromatic carbocycles. The molecule has 0 fully saturated rings. The molecule has 10 heavy (non-hydrogen) atoms. The highest BCUT2D eigenvalue weighted by atomic mass is 127. The van der Waals surface area contributed by atoms with Gasteiger partial charge in [0, 0.05) is 3.57 Å². The lowest BCUT2D eigenvalue weighted by Crippen LogP contribution is -1.66. The van der Waals surface area contributed by atoms with Gasteiger partial charge in [0.2, 0.25) is 11.5 Å². The molecule has 0 atom stereocenters. The van der Waals surface area contributed by atoms with Gasteiger partial charge in [0.15, 0.2) is 0 Å². The minimum Gasteiger partial charge on any atom is -0.191 e. The number of hydrogen-bond acceptors (Lipinski definition) is 2. The Kier molecular flexibility index (Phi) is 3.01. The molecule has 0 heterocycles. The van der Waals surface area contributed by atoms with Crippen LogP contribution in [-0.2, 0) is 11.5 Å². The van der Waals surface area contributed by atoms with Crippen molar-refractivity contribution in [3.8, 4) is 0 Å². The second-order valence-corrected chi connectivity index (χ2v) is 3.22. The van der Waals surface area contributed by atoms with Crippen LogP contribution in [0.4, 0.5) is 5.69 Å². The highest BCUT2D eigenvalue weighted by Gasteiger charge is 1.87. The zero-order valence-electron chi connectivity index (χ0n) is 4.95. The van der Waals surface area contributed by atoms with Crippen molar-refractivity contribution in [2.75, 3.05) is 0 Å². The molecule has 0 aliphatic rings. The molecule has 0 saturated carbocycles. The van der Waals surface area contributed by atoms with E-state index in [1.54, 1.807) is 6.07 Å². The molecule has 2 nitrogen and oxygen atoms in total. The van der Waals surface area contributed by atoms with Gasteiger partial charge in [0.25, 0.3) is 0 Å². The maximum atomic E-state index is 9.96. The van der Waals surface area contributed by atoms with Crippen LogP contribution >= 0.6 is 22.6 Å². The Morgan fingerprint density at radius 1 is 1.50 bits per heavy atom. The average molecular weight is 265 g/mol. The highest BCUT2D eigenvalue weighted by molar-refractivity contribution is 14.1. The Balaban J connectivity index is 3.06. The van der Waals surface area contributed by atoms with E-state index in [4.69, 9.17) is 0 Å². The van der Waals surface area contributed by atoms with Gasteiger partial charge in [-0.2, -0.15) is 8.57 Å². The molecule has 1 rings (SSSR count). The van der Waals surface area contributed by atoms with Gasteiger partial charge in [-0.3, -0.25) is 0 Å². The minimum absolute atomic E-state index is 0.235. The lowest BCUT2D eigenvalue weighted by molar-refractivity contribution is 0.698. The zero-order valence-corrected chi connectivity index (χ0v) is 7.93. The monoisotopic (exact) mass is 265 g/mol. The van der Waals surface area contributed by atoms with E-state index >= 15 is 0 Å². The molecule has 0 bridgehead atoms. The molecular formula is C6H4INOS. The van der Waals surface area contributed by atoms with Gasteiger partial charge in [-0.15, -0.1) is 0 Å². The maximum absolute atomic E-state index is 9.96. The summed E-state index contributed by atoms with van der Waals surface area (Å²) >= 11 is 2.41. The molecule has 4 heteroatoms. The molecular weight excluding hydrogens is 261 g/mol. The topological polar surface area (TPSA) is 29.4 Å². The average Bonchev–Trinajstić information content (AvgIpc) is 1.88. The molecule has 1 aromatic rings. The summed E-state index contributed by atoms with van der Waals surface area (Å²) in [5.74, 6) is 0. The van der Waals surface area contributed by atoms with Gasteiger partial charge in [-0.1, -0.05) is 6.07 Å². The minimum atomic E-state index is 0.235. The van der Waals surface area contributed by atoms with Gasteiger partial charge < -0.3 is 0 Å². The standard InChI is InChI=1S/C6H4INOS/c7-5-2-1-3-6(4-5)8-10-9/h1-4H. The second-order valence-electron chi connectivity index (χ2n) is 1.65. The van der Waals surface area contributed by atoms with E-state index in [1.165, 1.54) is 0 Å². The van der Waals surface area contributed by atoms with Crippen molar-refractivity contribution in [2.24, 2.45) is 4.36 Å². The first-order chi connectivity index (χ1) is 4.83. The van der Waals surface area contributed by atoms with E-state index in [9.17, 15) is 4.21 Å². The van der Waals surface area contributed by atoms with Crippen LogP contribution in [0.1, 0.15) is 0 Å². The summed E-state index contributed by atoms with van der Waals surface area (Å²) in [4.78, 5) is 0. The van der Waals surface area contributed by atoms with E-state index in [2.05, 4.69) is 27.0 Å². The van der Waals surface area contributed by atoms with Crippen molar-refractivity contribution in [2.45, 2.75) is 0 Å². The molecule has 0 N–H and O–H groups in total. The maximum Gasteiger partial charge on any atom is 0.205 e. The third kappa shape index (κ3) is 2.18. The number of nitrogens with zero attached hydrogens (tertiary/aromatic N) is 1. The lowest BCUT2D eigenvalue weighted by atomic mass is 10.3. The molecule has 0 amide bonds. The van der Waals surface area contributed by atoms with Crippen LogP contribution in [0.15, 0.2) is 28.6 Å². The Morgan fingerprint density at radius 3 is 2.90 bits per heavy atom. The van der Waals surface area contributed by atoms with Crippen LogP contribution in [0.2, 0.25) is 0 Å². The molecule has 0 aromatic heterocycles. The van der Waals surface area contributed by atoms with Crippen LogP contribution in [0, 0.1) is 3.57 Å². The van der Waals surface area contributed by atoms with Crippen molar-refractivity contribution in [3.63, 3.8) is 0 Å². The zero-order chi connectivity index (χ0) is 7.40. The summed E-state index contributed by atoms with van der Waals surface area (Å²) in [5.41, 5.74) is 0.729. The summed E-state index contributed by atoms with van der Waals surface area (Å²) in [6.45, 7) is 0. The Morgan fingerprint density at radius 2 is 2.30 bits per heavy atom. The predicted octanol–water partition coefficient (Wildman–Crippen LogP) is 2.32. The van der Waals surface area contributed by atoms with Crippen molar-refractivity contribution < 1.29 is 4.21 Å². The fourth-order valence-electron chi connectivity index (χ4n) is 0.576. The van der Waals surface area contributed by atoms with Crippen molar-refractivity contribution >= 4 is 39.7 Å². The molecule has 0 unspecified atom stereocenters. The molecule has 0 radical (unpaired) electrons. The number of benzene rings is 1. The summed E-state index contributed by atoms with van der Waals surface area (Å²) in [5, 5.41) is 0. The first kappa shape index (κ1) is 7.87. The third-order valence-electron chi connectivity index (χ3n) is 0.951. The van der Waals surface area contributed by atoms with Crippen molar-refractivity contribution in [1.29, 1.82) is 0 Å². The molecule has 0 saturated heterocycles. The summed E-state index contributed by atoms with van der Waals surface area (Å²) < 4.78 is 14.7. The Hall–Kier alpha value is -0.230. The molecule has 0 aliphatic carbocycles. The smallest absolute Gasteiger partial charge is 0.191 e. The van der Waals surface area contributed by atoms with E-state index in [0.717, 1.165) is 9.26 Å². The van der Waals surface area contributed by atoms with Gasteiger partial charge in [-0.05, 0) is 40.8 Å². The van der Waals surface area contributed by atoms with Crippen LogP contribution in [0.5, 0.6) is 0 Å². The van der Waals surface area contributed by atoms with Crippen LogP contribution in [0.3, 0.4) is 0 Å². The van der Waals surface area contributed by atoms with E-state index in [-0.39, 0.29) is 11.5 Å². The van der Waals surface area contributed by atoms with Crippen molar-refractivity contribution in [1.82, 2.24) is 0 Å². The summed E-state index contributed by atoms with van der Waals surface area (Å²) in [6.07, 6.45) is 0. The van der Waals surface area contributed by atoms with Gasteiger partial charge >= 0.3 is 0 Å². The van der Waals surface area contributed by atoms with E-state index in [1.807, 2.05) is 18.2 Å². The fraction of sp³-hybridized carbons (Fsp3) is 0. The normalized spacial score (nSPS) is 8.90. The number of hydrogen-bond donors (Lipinski definition) is 0. The Labute approximate surface area is 76.0 Å². The first-order valence-electron chi connectivity index (χ1n) is 2.58. The van der Waals surface area contributed by atoms with Crippen LogP contribution < -0.4 is 0 Å². The van der Waals surface area contributed by atoms with Gasteiger partial charge in [0.1, 0.15) is 0 Å². The van der Waals surface area contributed by atoms with E-state index in [0.29, 0.717) is 0 Å². The fourth-order valence-corrected chi connectivity index (χ4v) is 1.30. The van der Waals surface area contributed by atoms with E-state index < -0.39 is 0 Å². The highest BCUT2D eigenvalue weighted by Crippen LogP contribution is 2.14. The van der Waals surface area contributed by atoms with Gasteiger partial charge in [-0.25, -0.2) is 0 Å². The molecule has 0 aliphatic heterocycles. The molecule has 52 valence electrons. The lowest BCUT2D eigenvalue weighted by Gasteiger charge is -1.88. The first-order valence-corrected chi connectivity index (χ1v) is 4.36. The van der Waals surface area contributed by atoms with Crippen LogP contribution in [0.25, 0.3) is 0 Å². The largest absolute Gasteiger partial charge is 0.205 e. The second kappa shape index (κ2) is 3.82. The summed E-state index contributed by atoms with van der Waals surface area (Å²) in [6, 6.07) is 7.48. The van der Waals surface area contributed by atoms with Crippen LogP contribution in [-0.4, -0.2) is 4.21 Å². The summed E-state index contributed by atoms with van der Waals surface area (Å²) in [7, 11) is 0. The number of rotatable bonds is 1. The van der Waals surface area contributed by atoms with Gasteiger partial charge in [0.05, 0.1) is 5.69 Å². The predicted molar refractivity (Wildman–Crippen MR) is 49.4 cm³/mol. The SMILES string of the molecule is O=S=Nc1cccc(I)c1. The Bertz CT molecular complexity index is 283. The van der Waals surface area contributed by atoms with Crippen molar-refractivity contribution in [3.05, 3.63) is 27.8 Å². The molecule has 0 spiro atoms. The quantitative estimate of drug-likeness (QED) is 0.716.